The first-order chi connectivity index (χ1) is 33.2. The molecule has 0 fully saturated rings. The largest absolute Gasteiger partial charge is 0.309 e. The van der Waals surface area contributed by atoms with Crippen molar-refractivity contribution in [3.63, 3.8) is 0 Å². The number of rotatable bonds is 8. The molecule has 2 unspecified atom stereocenters. The second-order valence-corrected chi connectivity index (χ2v) is 20.4. The monoisotopic (exact) mass is 889 g/mol. The van der Waals surface area contributed by atoms with Crippen LogP contribution in [-0.2, 0) is 0 Å². The molecule has 1 aliphatic carbocycles. The van der Waals surface area contributed by atoms with Crippen molar-refractivity contribution in [3.8, 4) is 39.1 Å². The zero-order valence-corrected chi connectivity index (χ0v) is 38.4. The maximum Gasteiger partial charge on any atom is 0.0541 e. The van der Waals surface area contributed by atoms with Gasteiger partial charge in [0, 0.05) is 52.4 Å². The molecule has 0 saturated carbocycles. The average molecular weight is 890 g/mol. The van der Waals surface area contributed by atoms with Gasteiger partial charge in [0.25, 0.3) is 0 Å². The third kappa shape index (κ3) is 5.94. The number of aromatic nitrogens is 1. The molecule has 0 saturated heterocycles. The van der Waals surface area contributed by atoms with Gasteiger partial charge in [0.05, 0.1) is 16.7 Å². The number of nitrogens with zero attached hydrogens (tertiary/aromatic N) is 1. The number of hydrogen-bond donors (Lipinski definition) is 0. The van der Waals surface area contributed by atoms with Gasteiger partial charge in [0.1, 0.15) is 0 Å². The molecule has 2 aromatic heterocycles. The summed E-state index contributed by atoms with van der Waals surface area (Å²) in [5, 5.41) is 13.4. The van der Waals surface area contributed by atoms with Crippen molar-refractivity contribution in [2.45, 2.75) is 28.9 Å². The molecule has 0 N–H and O–H groups in total. The lowest BCUT2D eigenvalue weighted by molar-refractivity contribution is 0.792. The van der Waals surface area contributed by atoms with Crippen molar-refractivity contribution < 1.29 is 0 Å². The van der Waals surface area contributed by atoms with E-state index in [4.69, 9.17) is 0 Å². The van der Waals surface area contributed by atoms with Gasteiger partial charge in [0.15, 0.2) is 0 Å². The van der Waals surface area contributed by atoms with Gasteiger partial charge in [-0.1, -0.05) is 194 Å². The smallest absolute Gasteiger partial charge is 0.0541 e. The summed E-state index contributed by atoms with van der Waals surface area (Å²) in [5.41, 5.74) is 14.2. The van der Waals surface area contributed by atoms with Gasteiger partial charge >= 0.3 is 0 Å². The molecular weight excluding hydrogens is 847 g/mol. The minimum absolute atomic E-state index is 0.381. The zero-order valence-electron chi connectivity index (χ0n) is 36.7. The summed E-state index contributed by atoms with van der Waals surface area (Å²) < 4.78 is 5.20. The fourth-order valence-corrected chi connectivity index (χ4v) is 14.5. The van der Waals surface area contributed by atoms with Gasteiger partial charge in [-0.15, -0.1) is 23.1 Å². The van der Waals surface area contributed by atoms with Crippen molar-refractivity contribution in [2.24, 2.45) is 0 Å². The van der Waals surface area contributed by atoms with E-state index in [2.05, 4.69) is 229 Å². The predicted octanol–water partition coefficient (Wildman–Crippen LogP) is 18.6. The van der Waals surface area contributed by atoms with Gasteiger partial charge in [-0.2, -0.15) is 0 Å². The quantitative estimate of drug-likeness (QED) is 0.109. The first-order valence-electron chi connectivity index (χ1n) is 23.4. The number of thioether (sulfide) groups is 1. The summed E-state index contributed by atoms with van der Waals surface area (Å²) in [7, 11) is 0. The Kier molecular flexibility index (Phi) is 8.87. The molecular formula is C64H43NS2. The topological polar surface area (TPSA) is 4.93 Å². The van der Waals surface area contributed by atoms with E-state index in [9.17, 15) is 0 Å². The SMILES string of the molecule is C=C/C=C\CCC1=CC=CC2c3cccc(-c4ccc5c(c4)c4cc(-c6cccc7c6sc6c(-c8ccccc8)cccc67)ccc4n5-c4ccc5ccc6cccc7ccc4c5c67)c3SC12. The minimum atomic E-state index is 0.381. The number of benzene rings is 10. The summed E-state index contributed by atoms with van der Waals surface area (Å²) in [6, 6.07) is 66.5. The Morgan fingerprint density at radius 3 is 1.93 bits per heavy atom. The Hall–Kier alpha value is -7.43. The van der Waals surface area contributed by atoms with Gasteiger partial charge in [-0.05, 0) is 109 Å². The van der Waals surface area contributed by atoms with Gasteiger partial charge in [-0.25, -0.2) is 0 Å². The summed E-state index contributed by atoms with van der Waals surface area (Å²) in [5.74, 6) is 0.381. The second kappa shape index (κ2) is 15.3. The Morgan fingerprint density at radius 1 is 0.537 bits per heavy atom. The van der Waals surface area contributed by atoms with E-state index < -0.39 is 0 Å². The number of fused-ring (bicyclic) bond motifs is 9. The highest BCUT2D eigenvalue weighted by atomic mass is 32.2. The van der Waals surface area contributed by atoms with Gasteiger partial charge < -0.3 is 4.57 Å². The summed E-state index contributed by atoms with van der Waals surface area (Å²) in [6.07, 6.45) is 15.3. The molecule has 1 nitrogen and oxygen atoms in total. The van der Waals surface area contributed by atoms with Crippen LogP contribution in [0.25, 0.3) is 113 Å². The van der Waals surface area contributed by atoms with E-state index in [-0.39, 0.29) is 0 Å². The highest BCUT2D eigenvalue weighted by Crippen LogP contribution is 2.55. The molecule has 2 atom stereocenters. The van der Waals surface area contributed by atoms with Crippen molar-refractivity contribution in [2.75, 3.05) is 0 Å². The van der Waals surface area contributed by atoms with E-state index in [1.54, 1.807) is 0 Å². The zero-order chi connectivity index (χ0) is 44.2. The van der Waals surface area contributed by atoms with E-state index in [1.807, 2.05) is 17.4 Å². The number of allylic oxidation sites excluding steroid dienone is 6. The van der Waals surface area contributed by atoms with Crippen LogP contribution in [0.5, 0.6) is 0 Å². The third-order valence-corrected chi connectivity index (χ3v) is 17.4. The Balaban J connectivity index is 0.978. The fourth-order valence-electron chi connectivity index (χ4n) is 11.5. The second-order valence-electron chi connectivity index (χ2n) is 18.2. The number of thiophene rings is 1. The molecule has 67 heavy (non-hydrogen) atoms. The Morgan fingerprint density at radius 2 is 1.18 bits per heavy atom. The van der Waals surface area contributed by atoms with E-state index >= 15 is 0 Å². The highest BCUT2D eigenvalue weighted by Gasteiger charge is 2.36. The van der Waals surface area contributed by atoms with Crippen LogP contribution in [0.4, 0.5) is 0 Å². The molecule has 0 bridgehead atoms. The van der Waals surface area contributed by atoms with Crippen LogP contribution in [0.1, 0.15) is 24.3 Å². The normalized spacial score (nSPS) is 15.9. The van der Waals surface area contributed by atoms with Crippen LogP contribution in [0.3, 0.4) is 0 Å². The standard InChI is InChI=1S/C64H43NS2/c1-2-3-4-6-16-43-19-10-23-49-50-24-12-21-47(63(50)66-61(43)49)44-31-35-57-54(37-44)55-38-45(48-22-13-26-52-51-25-11-20-46(62(51)67-64(48)52)39-14-7-5-8-15-39)32-36-58(55)65(57)56-34-30-42-28-27-40-17-9-18-41-29-33-53(56)60(42)59(40)41/h2-5,7-15,17-38,49,61H,1,6,16H2/b4-3-. The molecule has 0 amide bonds. The Labute approximate surface area is 397 Å². The summed E-state index contributed by atoms with van der Waals surface area (Å²) in [4.78, 5) is 1.42. The Bertz CT molecular complexity index is 4080. The molecule has 2 aliphatic rings. The van der Waals surface area contributed by atoms with Crippen molar-refractivity contribution in [1.29, 1.82) is 0 Å². The van der Waals surface area contributed by atoms with Crippen LogP contribution in [0.15, 0.2) is 229 Å². The molecule has 10 aromatic carbocycles. The van der Waals surface area contributed by atoms with Crippen molar-refractivity contribution in [1.82, 2.24) is 4.57 Å². The highest BCUT2D eigenvalue weighted by molar-refractivity contribution is 8.00. The van der Waals surface area contributed by atoms with Gasteiger partial charge in [0.2, 0.25) is 0 Å². The summed E-state index contributed by atoms with van der Waals surface area (Å²) >= 11 is 3.99. The molecule has 3 heteroatoms. The van der Waals surface area contributed by atoms with Gasteiger partial charge in [-0.3, -0.25) is 0 Å². The van der Waals surface area contributed by atoms with Crippen molar-refractivity contribution in [3.05, 3.63) is 230 Å². The number of hydrogen-bond acceptors (Lipinski definition) is 2. The molecule has 0 spiro atoms. The van der Waals surface area contributed by atoms with E-state index in [0.717, 1.165) is 12.8 Å². The van der Waals surface area contributed by atoms with Crippen molar-refractivity contribution >= 4 is 97.4 Å². The minimum Gasteiger partial charge on any atom is -0.309 e. The van der Waals surface area contributed by atoms with Crippen LogP contribution < -0.4 is 0 Å². The average Bonchev–Trinajstić information content (AvgIpc) is 4.07. The van der Waals surface area contributed by atoms with Crippen LogP contribution >= 0.6 is 23.1 Å². The van der Waals surface area contributed by atoms with Crippen LogP contribution in [-0.4, -0.2) is 9.82 Å². The maximum atomic E-state index is 3.87. The molecule has 14 rings (SSSR count). The van der Waals surface area contributed by atoms with Crippen LogP contribution in [0.2, 0.25) is 0 Å². The van der Waals surface area contributed by atoms with Crippen LogP contribution in [0, 0.1) is 0 Å². The molecule has 3 heterocycles. The summed E-state index contributed by atoms with van der Waals surface area (Å²) in [6.45, 7) is 3.87. The molecule has 1 aliphatic heterocycles. The van der Waals surface area contributed by atoms with E-state index in [1.165, 1.54) is 129 Å². The lowest BCUT2D eigenvalue weighted by atomic mass is 9.85. The predicted molar refractivity (Wildman–Crippen MR) is 292 cm³/mol. The molecule has 12 aromatic rings. The lowest BCUT2D eigenvalue weighted by Crippen LogP contribution is -2.13. The lowest BCUT2D eigenvalue weighted by Gasteiger charge is -2.22. The maximum absolute atomic E-state index is 3.87. The first-order valence-corrected chi connectivity index (χ1v) is 25.1. The molecule has 0 radical (unpaired) electrons. The molecule has 316 valence electrons. The third-order valence-electron chi connectivity index (χ3n) is 14.6. The van der Waals surface area contributed by atoms with E-state index in [0.29, 0.717) is 11.2 Å². The fraction of sp³-hybridized carbons (Fsp3) is 0.0625. The first kappa shape index (κ1) is 38.8.